The lowest BCUT2D eigenvalue weighted by atomic mass is 10.0. The number of piperidine rings is 1. The second-order valence-electron chi connectivity index (χ2n) is 6.97. The fraction of sp³-hybridized carbons (Fsp3) is 0.455. The van der Waals surface area contributed by atoms with E-state index in [4.69, 9.17) is 14.2 Å². The molecular formula is C22H31ClN2O3. The minimum absolute atomic E-state index is 0. The van der Waals surface area contributed by atoms with E-state index < -0.39 is 0 Å². The van der Waals surface area contributed by atoms with Crippen LogP contribution in [0.25, 0.3) is 0 Å². The molecule has 0 amide bonds. The minimum Gasteiger partial charge on any atom is -0.493 e. The maximum absolute atomic E-state index is 6.04. The normalized spacial score (nSPS) is 16.9. The molecule has 3 rings (SSSR count). The highest BCUT2D eigenvalue weighted by molar-refractivity contribution is 5.85. The summed E-state index contributed by atoms with van der Waals surface area (Å²) in [5.74, 6) is 2.07. The number of methoxy groups -OCH3 is 2. The maximum Gasteiger partial charge on any atom is 0.203 e. The molecule has 5 nitrogen and oxygen atoms in total. The molecule has 0 aliphatic carbocycles. The Labute approximate surface area is 174 Å². The first-order valence-corrected chi connectivity index (χ1v) is 9.54. The first-order valence-electron chi connectivity index (χ1n) is 9.54. The zero-order chi connectivity index (χ0) is 19.1. The molecule has 1 aliphatic rings. The van der Waals surface area contributed by atoms with E-state index in [1.54, 1.807) is 14.2 Å². The van der Waals surface area contributed by atoms with Crippen molar-refractivity contribution in [3.05, 3.63) is 53.6 Å². The van der Waals surface area contributed by atoms with Gasteiger partial charge < -0.3 is 19.5 Å². The summed E-state index contributed by atoms with van der Waals surface area (Å²) in [6.45, 7) is 3.54. The lowest BCUT2D eigenvalue weighted by molar-refractivity contribution is 0.187. The molecule has 1 atom stereocenters. The van der Waals surface area contributed by atoms with Crippen LogP contribution in [0.1, 0.15) is 24.0 Å². The zero-order valence-electron chi connectivity index (χ0n) is 16.9. The summed E-state index contributed by atoms with van der Waals surface area (Å²) < 4.78 is 17.3. The average Bonchev–Trinajstić information content (AvgIpc) is 2.73. The first-order chi connectivity index (χ1) is 13.2. The number of nitrogens with zero attached hydrogens (tertiary/aromatic N) is 1. The second-order valence-corrected chi connectivity index (χ2v) is 6.97. The predicted octanol–water partition coefficient (Wildman–Crippen LogP) is 3.89. The van der Waals surface area contributed by atoms with Crippen LogP contribution in [0.4, 0.5) is 0 Å². The first kappa shape index (κ1) is 22.3. The quantitative estimate of drug-likeness (QED) is 0.720. The van der Waals surface area contributed by atoms with Gasteiger partial charge in [-0.1, -0.05) is 30.3 Å². The molecule has 28 heavy (non-hydrogen) atoms. The highest BCUT2D eigenvalue weighted by atomic mass is 35.5. The molecule has 6 heteroatoms. The molecule has 2 aromatic rings. The van der Waals surface area contributed by atoms with Crippen LogP contribution in [0.2, 0.25) is 0 Å². The fourth-order valence-electron chi connectivity index (χ4n) is 3.59. The van der Waals surface area contributed by atoms with Crippen molar-refractivity contribution in [1.82, 2.24) is 10.2 Å². The number of nitrogens with one attached hydrogen (secondary N) is 1. The minimum atomic E-state index is 0. The summed E-state index contributed by atoms with van der Waals surface area (Å²) in [7, 11) is 5.39. The number of hydrogen-bond acceptors (Lipinski definition) is 5. The summed E-state index contributed by atoms with van der Waals surface area (Å²) in [6, 6.07) is 14.8. The third kappa shape index (κ3) is 5.77. The number of likely N-dealkylation sites (tertiary alicyclic amines) is 1. The molecular weight excluding hydrogens is 376 g/mol. The van der Waals surface area contributed by atoms with E-state index in [-0.39, 0.29) is 12.4 Å². The number of hydrogen-bond donors (Lipinski definition) is 1. The van der Waals surface area contributed by atoms with Crippen LogP contribution in [0, 0.1) is 0 Å². The van der Waals surface area contributed by atoms with Crippen molar-refractivity contribution in [2.24, 2.45) is 0 Å². The molecule has 0 radical (unpaired) electrons. The molecule has 2 aromatic carbocycles. The van der Waals surface area contributed by atoms with Crippen LogP contribution in [-0.4, -0.2) is 45.3 Å². The van der Waals surface area contributed by atoms with E-state index in [1.165, 1.54) is 18.4 Å². The van der Waals surface area contributed by atoms with Gasteiger partial charge in [0.1, 0.15) is 6.61 Å². The molecule has 0 saturated carbocycles. The Morgan fingerprint density at radius 2 is 1.71 bits per heavy atom. The lowest BCUT2D eigenvalue weighted by Crippen LogP contribution is -2.43. The Hall–Kier alpha value is -1.95. The summed E-state index contributed by atoms with van der Waals surface area (Å²) in [4.78, 5) is 2.48. The summed E-state index contributed by atoms with van der Waals surface area (Å²) in [6.07, 6.45) is 2.46. The molecule has 1 unspecified atom stereocenters. The molecule has 1 N–H and O–H groups in total. The van der Waals surface area contributed by atoms with E-state index in [2.05, 4.69) is 22.3 Å². The zero-order valence-corrected chi connectivity index (χ0v) is 17.8. The van der Waals surface area contributed by atoms with Crippen molar-refractivity contribution in [2.75, 3.05) is 34.4 Å². The van der Waals surface area contributed by atoms with Crippen LogP contribution in [0.3, 0.4) is 0 Å². The molecule has 1 saturated heterocycles. The van der Waals surface area contributed by atoms with Gasteiger partial charge in [0.05, 0.1) is 14.2 Å². The Balaban J connectivity index is 0.00000280. The van der Waals surface area contributed by atoms with Crippen molar-refractivity contribution in [3.63, 3.8) is 0 Å². The van der Waals surface area contributed by atoms with Crippen LogP contribution in [0.5, 0.6) is 17.2 Å². The number of rotatable bonds is 8. The van der Waals surface area contributed by atoms with Gasteiger partial charge in [0.25, 0.3) is 0 Å². The molecule has 1 fully saturated rings. The van der Waals surface area contributed by atoms with E-state index in [1.807, 2.05) is 37.4 Å². The van der Waals surface area contributed by atoms with Gasteiger partial charge in [0, 0.05) is 19.1 Å². The Kier molecular flexibility index (Phi) is 8.90. The molecule has 0 aromatic heterocycles. The third-order valence-corrected chi connectivity index (χ3v) is 5.07. The van der Waals surface area contributed by atoms with Gasteiger partial charge >= 0.3 is 0 Å². The van der Waals surface area contributed by atoms with Crippen molar-refractivity contribution < 1.29 is 14.2 Å². The molecule has 154 valence electrons. The van der Waals surface area contributed by atoms with Gasteiger partial charge in [-0.05, 0) is 49.7 Å². The van der Waals surface area contributed by atoms with Crippen LogP contribution in [0.15, 0.2) is 42.5 Å². The van der Waals surface area contributed by atoms with Crippen molar-refractivity contribution in [3.8, 4) is 17.2 Å². The van der Waals surface area contributed by atoms with Gasteiger partial charge in [-0.25, -0.2) is 0 Å². The fourth-order valence-corrected chi connectivity index (χ4v) is 3.59. The maximum atomic E-state index is 6.04. The predicted molar refractivity (Wildman–Crippen MR) is 115 cm³/mol. The van der Waals surface area contributed by atoms with E-state index in [0.29, 0.717) is 29.9 Å². The highest BCUT2D eigenvalue weighted by Crippen LogP contribution is 2.39. The van der Waals surface area contributed by atoms with Crippen LogP contribution >= 0.6 is 12.4 Å². The number of likely N-dealkylation sites (N-methyl/N-ethyl adjacent to an activating group) is 1. The average molecular weight is 407 g/mol. The molecule has 1 heterocycles. The Bertz CT molecular complexity index is 702. The van der Waals surface area contributed by atoms with Gasteiger partial charge in [-0.2, -0.15) is 0 Å². The Morgan fingerprint density at radius 3 is 2.32 bits per heavy atom. The summed E-state index contributed by atoms with van der Waals surface area (Å²) >= 11 is 0. The van der Waals surface area contributed by atoms with E-state index >= 15 is 0 Å². The van der Waals surface area contributed by atoms with Crippen molar-refractivity contribution in [2.45, 2.75) is 32.0 Å². The van der Waals surface area contributed by atoms with Gasteiger partial charge in [-0.15, -0.1) is 12.4 Å². The number of ether oxygens (including phenoxy) is 3. The molecule has 1 aliphatic heterocycles. The molecule has 0 spiro atoms. The monoisotopic (exact) mass is 406 g/mol. The molecule has 0 bridgehead atoms. The number of halogens is 1. The van der Waals surface area contributed by atoms with Crippen LogP contribution in [-0.2, 0) is 13.2 Å². The van der Waals surface area contributed by atoms with Crippen LogP contribution < -0.4 is 19.5 Å². The second kappa shape index (κ2) is 11.1. The van der Waals surface area contributed by atoms with Gasteiger partial charge in [-0.3, -0.25) is 4.90 Å². The largest absolute Gasteiger partial charge is 0.493 e. The Morgan fingerprint density at radius 1 is 1.04 bits per heavy atom. The smallest absolute Gasteiger partial charge is 0.203 e. The van der Waals surface area contributed by atoms with E-state index in [9.17, 15) is 0 Å². The number of benzene rings is 2. The third-order valence-electron chi connectivity index (χ3n) is 5.07. The highest BCUT2D eigenvalue weighted by Gasteiger charge is 2.20. The van der Waals surface area contributed by atoms with E-state index in [0.717, 1.165) is 25.2 Å². The van der Waals surface area contributed by atoms with Crippen molar-refractivity contribution in [1.29, 1.82) is 0 Å². The lowest BCUT2D eigenvalue weighted by Gasteiger charge is -2.32. The summed E-state index contributed by atoms with van der Waals surface area (Å²) in [5, 5.41) is 3.40. The topological polar surface area (TPSA) is 43.0 Å². The van der Waals surface area contributed by atoms with Gasteiger partial charge in [0.2, 0.25) is 5.75 Å². The van der Waals surface area contributed by atoms with Crippen molar-refractivity contribution >= 4 is 12.4 Å². The van der Waals surface area contributed by atoms with Gasteiger partial charge in [0.15, 0.2) is 11.5 Å². The standard InChI is InChI=1S/C22H30N2O3.ClH/c1-23-19-10-7-11-24(15-19)14-18-12-20(25-2)22(21(13-18)26-3)27-16-17-8-5-4-6-9-17;/h4-6,8-9,12-13,19,23H,7,10-11,14-16H2,1-3H3;1H. The summed E-state index contributed by atoms with van der Waals surface area (Å²) in [5.41, 5.74) is 2.28. The SMILES string of the molecule is CNC1CCCN(Cc2cc(OC)c(OCc3ccccc3)c(OC)c2)C1.Cl.